The number of aliphatic carboxylic acids is 1. The summed E-state index contributed by atoms with van der Waals surface area (Å²) in [6.07, 6.45) is 0.228. The third-order valence-corrected chi connectivity index (χ3v) is 4.19. The van der Waals surface area contributed by atoms with E-state index in [1.54, 1.807) is 0 Å². The van der Waals surface area contributed by atoms with Crippen LogP contribution in [0.5, 0.6) is 0 Å². The van der Waals surface area contributed by atoms with E-state index < -0.39 is 12.0 Å². The number of amides is 2. The number of carbonyl (C=O) groups is 3. The van der Waals surface area contributed by atoms with Gasteiger partial charge < -0.3 is 15.7 Å². The largest absolute Gasteiger partial charge is 0.481 e. The minimum absolute atomic E-state index is 0.0112. The molecule has 1 unspecified atom stereocenters. The van der Waals surface area contributed by atoms with E-state index in [0.29, 0.717) is 12.3 Å². The van der Waals surface area contributed by atoms with Gasteiger partial charge in [-0.25, -0.2) is 0 Å². The molecular weight excluding hydrogens is 328 g/mol. The van der Waals surface area contributed by atoms with Gasteiger partial charge in [-0.05, 0) is 11.5 Å². The topological polar surface area (TPSA) is 95.5 Å². The van der Waals surface area contributed by atoms with E-state index in [1.807, 2.05) is 44.2 Å². The summed E-state index contributed by atoms with van der Waals surface area (Å²) < 4.78 is 0. The van der Waals surface area contributed by atoms with Crippen LogP contribution in [0.2, 0.25) is 0 Å². The fraction of sp³-hybridized carbons (Fsp3) is 0.471. The Morgan fingerprint density at radius 1 is 1.17 bits per heavy atom. The van der Waals surface area contributed by atoms with Gasteiger partial charge in [0, 0.05) is 12.3 Å². The fourth-order valence-corrected chi connectivity index (χ4v) is 2.62. The molecule has 0 aliphatic carbocycles. The molecule has 0 saturated carbocycles. The monoisotopic (exact) mass is 352 g/mol. The number of carboxylic acids is 1. The van der Waals surface area contributed by atoms with Gasteiger partial charge in [0.05, 0.1) is 12.2 Å². The zero-order chi connectivity index (χ0) is 17.9. The van der Waals surface area contributed by atoms with E-state index in [2.05, 4.69) is 10.6 Å². The maximum absolute atomic E-state index is 12.2. The summed E-state index contributed by atoms with van der Waals surface area (Å²) in [7, 11) is 0. The third kappa shape index (κ3) is 8.01. The molecule has 0 fully saturated rings. The molecule has 0 saturated heterocycles. The van der Waals surface area contributed by atoms with Crippen LogP contribution in [0.25, 0.3) is 0 Å². The van der Waals surface area contributed by atoms with Crippen LogP contribution in [0, 0.1) is 5.92 Å². The van der Waals surface area contributed by atoms with Crippen molar-refractivity contribution in [1.29, 1.82) is 0 Å². The van der Waals surface area contributed by atoms with E-state index in [4.69, 9.17) is 5.11 Å². The molecule has 3 N–H and O–H groups in total. The lowest BCUT2D eigenvalue weighted by atomic mass is 10.0. The molecule has 0 aliphatic rings. The van der Waals surface area contributed by atoms with Crippen molar-refractivity contribution in [2.75, 3.05) is 18.1 Å². The van der Waals surface area contributed by atoms with Gasteiger partial charge in [0.15, 0.2) is 0 Å². The zero-order valence-corrected chi connectivity index (χ0v) is 14.8. The highest BCUT2D eigenvalue weighted by Gasteiger charge is 2.23. The highest BCUT2D eigenvalue weighted by Crippen LogP contribution is 2.05. The second-order valence-corrected chi connectivity index (χ2v) is 6.79. The van der Waals surface area contributed by atoms with Crippen LogP contribution in [0.15, 0.2) is 30.3 Å². The van der Waals surface area contributed by atoms with Gasteiger partial charge in [-0.1, -0.05) is 44.2 Å². The van der Waals surface area contributed by atoms with Crippen LogP contribution >= 0.6 is 11.8 Å². The molecule has 6 nitrogen and oxygen atoms in total. The second kappa shape index (κ2) is 10.7. The Balaban J connectivity index is 2.43. The molecule has 0 aromatic heterocycles. The molecule has 0 aliphatic heterocycles. The number of hydrogen-bond acceptors (Lipinski definition) is 4. The first-order valence-electron chi connectivity index (χ1n) is 7.80. The third-order valence-electron chi connectivity index (χ3n) is 3.24. The smallest absolute Gasteiger partial charge is 0.313 e. The van der Waals surface area contributed by atoms with Crippen LogP contribution in [0.1, 0.15) is 19.4 Å². The Kier molecular flexibility index (Phi) is 8.93. The number of rotatable bonds is 10. The second-order valence-electron chi connectivity index (χ2n) is 5.69. The minimum atomic E-state index is -0.875. The maximum atomic E-state index is 12.2. The van der Waals surface area contributed by atoms with Gasteiger partial charge in [0.25, 0.3) is 0 Å². The van der Waals surface area contributed by atoms with Crippen LogP contribution < -0.4 is 10.6 Å². The molecule has 0 radical (unpaired) electrons. The lowest BCUT2D eigenvalue weighted by Crippen LogP contribution is -2.50. The Labute approximate surface area is 146 Å². The van der Waals surface area contributed by atoms with Crippen LogP contribution in [0.3, 0.4) is 0 Å². The quantitative estimate of drug-likeness (QED) is 0.552. The zero-order valence-electron chi connectivity index (χ0n) is 14.0. The molecule has 2 amide bonds. The Morgan fingerprint density at radius 3 is 2.42 bits per heavy atom. The number of carboxylic acid groups (broad SMARTS) is 1. The molecule has 0 heterocycles. The summed E-state index contributed by atoms with van der Waals surface area (Å²) in [5, 5.41) is 14.1. The summed E-state index contributed by atoms with van der Waals surface area (Å²) in [6.45, 7) is 4.10. The van der Waals surface area contributed by atoms with Gasteiger partial charge in [0.2, 0.25) is 11.8 Å². The number of hydrogen-bond donors (Lipinski definition) is 3. The van der Waals surface area contributed by atoms with Crippen molar-refractivity contribution in [2.45, 2.75) is 26.3 Å². The van der Waals surface area contributed by atoms with Gasteiger partial charge in [0.1, 0.15) is 6.04 Å². The fourth-order valence-electron chi connectivity index (χ4n) is 2.06. The summed E-state index contributed by atoms with van der Waals surface area (Å²) in [5.41, 5.74) is 0.892. The van der Waals surface area contributed by atoms with Crippen LogP contribution in [-0.4, -0.2) is 47.0 Å². The Bertz CT molecular complexity index is 549. The molecule has 7 heteroatoms. The highest BCUT2D eigenvalue weighted by molar-refractivity contribution is 7.99. The standard InChI is InChI=1S/C17H24N2O4S/c1-12(2)16(17(23)18-8-9-24-11-15(21)22)19-14(20)10-13-6-4-3-5-7-13/h3-7,12,16H,8-11H2,1-2H3,(H,18,23)(H,19,20)(H,21,22). The van der Waals surface area contributed by atoms with Gasteiger partial charge in [-0.2, -0.15) is 0 Å². The van der Waals surface area contributed by atoms with E-state index in [1.165, 1.54) is 11.8 Å². The lowest BCUT2D eigenvalue weighted by molar-refractivity contribution is -0.134. The summed E-state index contributed by atoms with van der Waals surface area (Å²) in [5.74, 6) is -0.841. The van der Waals surface area contributed by atoms with Crippen molar-refractivity contribution in [3.05, 3.63) is 35.9 Å². The molecule has 0 spiro atoms. The molecule has 1 aromatic rings. The van der Waals surface area contributed by atoms with Gasteiger partial charge in [-0.3, -0.25) is 14.4 Å². The molecule has 1 rings (SSSR count). The number of benzene rings is 1. The first-order chi connectivity index (χ1) is 11.4. The van der Waals surface area contributed by atoms with Crippen LogP contribution in [-0.2, 0) is 20.8 Å². The SMILES string of the molecule is CC(C)C(NC(=O)Cc1ccccc1)C(=O)NCCSCC(=O)O. The molecule has 1 atom stereocenters. The summed E-state index contributed by atoms with van der Waals surface area (Å²) >= 11 is 1.24. The van der Waals surface area contributed by atoms with Crippen molar-refractivity contribution in [3.63, 3.8) is 0 Å². The average Bonchev–Trinajstić information content (AvgIpc) is 2.52. The highest BCUT2D eigenvalue weighted by atomic mass is 32.2. The molecular formula is C17H24N2O4S. The average molecular weight is 352 g/mol. The predicted octanol–water partition coefficient (Wildman–Crippen LogP) is 1.30. The molecule has 1 aromatic carbocycles. The van der Waals surface area contributed by atoms with Crippen molar-refractivity contribution >= 4 is 29.5 Å². The molecule has 132 valence electrons. The Hall–Kier alpha value is -2.02. The van der Waals surface area contributed by atoms with Gasteiger partial charge >= 0.3 is 5.97 Å². The summed E-state index contributed by atoms with van der Waals surface area (Å²) in [4.78, 5) is 34.8. The number of carbonyl (C=O) groups excluding carboxylic acids is 2. The van der Waals surface area contributed by atoms with Gasteiger partial charge in [-0.15, -0.1) is 11.8 Å². The van der Waals surface area contributed by atoms with Crippen molar-refractivity contribution in [2.24, 2.45) is 5.92 Å². The lowest BCUT2D eigenvalue weighted by Gasteiger charge is -2.21. The number of thioether (sulfide) groups is 1. The first-order valence-corrected chi connectivity index (χ1v) is 8.96. The molecule has 24 heavy (non-hydrogen) atoms. The first kappa shape index (κ1) is 20.0. The normalized spacial score (nSPS) is 11.8. The van der Waals surface area contributed by atoms with Crippen molar-refractivity contribution in [3.8, 4) is 0 Å². The van der Waals surface area contributed by atoms with Crippen molar-refractivity contribution < 1.29 is 19.5 Å². The predicted molar refractivity (Wildman–Crippen MR) is 94.9 cm³/mol. The van der Waals surface area contributed by atoms with Crippen LogP contribution in [0.4, 0.5) is 0 Å². The summed E-state index contributed by atoms with van der Waals surface area (Å²) in [6, 6.07) is 8.74. The van der Waals surface area contributed by atoms with Crippen molar-refractivity contribution in [1.82, 2.24) is 10.6 Å². The minimum Gasteiger partial charge on any atom is -0.481 e. The van der Waals surface area contributed by atoms with E-state index in [-0.39, 0.29) is 29.9 Å². The number of nitrogens with one attached hydrogen (secondary N) is 2. The molecule has 0 bridgehead atoms. The maximum Gasteiger partial charge on any atom is 0.313 e. The Morgan fingerprint density at radius 2 is 1.83 bits per heavy atom. The van der Waals surface area contributed by atoms with E-state index in [0.717, 1.165) is 5.56 Å². The van der Waals surface area contributed by atoms with E-state index in [9.17, 15) is 14.4 Å². The van der Waals surface area contributed by atoms with E-state index >= 15 is 0 Å².